The number of methoxy groups -OCH3 is 1. The summed E-state index contributed by atoms with van der Waals surface area (Å²) in [7, 11) is 1.49. The highest BCUT2D eigenvalue weighted by Crippen LogP contribution is 2.33. The number of hydrogen-bond acceptors (Lipinski definition) is 2. The number of amides is 1. The molecule has 3 nitrogen and oxygen atoms in total. The molecule has 0 saturated heterocycles. The highest BCUT2D eigenvalue weighted by molar-refractivity contribution is 6.37. The van der Waals surface area contributed by atoms with Gasteiger partial charge in [-0.25, -0.2) is 0 Å². The Bertz CT molecular complexity index is 532. The van der Waals surface area contributed by atoms with Crippen LogP contribution >= 0.6 is 23.2 Å². The zero-order valence-electron chi connectivity index (χ0n) is 12.0. The van der Waals surface area contributed by atoms with E-state index in [1.165, 1.54) is 25.5 Å². The minimum atomic E-state index is -0.169. The summed E-state index contributed by atoms with van der Waals surface area (Å²) in [4.78, 5) is 12.1. The Hall–Kier alpha value is -1.19. The van der Waals surface area contributed by atoms with Gasteiger partial charge in [-0.3, -0.25) is 4.79 Å². The van der Waals surface area contributed by atoms with Gasteiger partial charge in [-0.2, -0.15) is 0 Å². The van der Waals surface area contributed by atoms with Crippen molar-refractivity contribution in [1.82, 2.24) is 5.32 Å². The van der Waals surface area contributed by atoms with E-state index in [1.54, 1.807) is 12.1 Å². The maximum absolute atomic E-state index is 12.1. The van der Waals surface area contributed by atoms with Crippen molar-refractivity contribution in [3.63, 3.8) is 0 Å². The summed E-state index contributed by atoms with van der Waals surface area (Å²) in [6.45, 7) is 0.631. The van der Waals surface area contributed by atoms with Crippen LogP contribution in [0.5, 0.6) is 5.75 Å². The molecule has 0 saturated carbocycles. The number of hydrogen-bond donors (Lipinski definition) is 1. The van der Waals surface area contributed by atoms with Crippen LogP contribution in [0.2, 0.25) is 10.0 Å². The van der Waals surface area contributed by atoms with Gasteiger partial charge in [-0.1, -0.05) is 34.9 Å². The molecule has 1 aromatic carbocycles. The Kier molecular flexibility index (Phi) is 5.95. The summed E-state index contributed by atoms with van der Waals surface area (Å²) in [6.07, 6.45) is 8.03. The van der Waals surface area contributed by atoms with Crippen LogP contribution in [0.1, 0.15) is 42.5 Å². The number of nitrogens with one attached hydrogen (secondary N) is 1. The SMILES string of the molecule is COc1c(Cl)cc(C(=O)NCCC2=CCCCC2)cc1Cl. The first-order chi connectivity index (χ1) is 10.1. The first-order valence-electron chi connectivity index (χ1n) is 7.11. The summed E-state index contributed by atoms with van der Waals surface area (Å²) in [6, 6.07) is 3.14. The standard InChI is InChI=1S/C16H19Cl2NO2/c1-21-15-13(17)9-12(10-14(15)18)16(20)19-8-7-11-5-3-2-4-6-11/h5,9-10H,2-4,6-8H2,1H3,(H,19,20). The molecule has 1 N–H and O–H groups in total. The Morgan fingerprint density at radius 1 is 1.29 bits per heavy atom. The molecule has 0 fully saturated rings. The summed E-state index contributed by atoms with van der Waals surface area (Å²) < 4.78 is 5.07. The summed E-state index contributed by atoms with van der Waals surface area (Å²) in [5.74, 6) is 0.222. The molecule has 114 valence electrons. The lowest BCUT2D eigenvalue weighted by Crippen LogP contribution is -2.25. The van der Waals surface area contributed by atoms with Gasteiger partial charge in [-0.05, 0) is 44.2 Å². The monoisotopic (exact) mass is 327 g/mol. The fraction of sp³-hybridized carbons (Fsp3) is 0.438. The Morgan fingerprint density at radius 3 is 2.57 bits per heavy atom. The highest BCUT2D eigenvalue weighted by atomic mass is 35.5. The van der Waals surface area contributed by atoms with E-state index in [4.69, 9.17) is 27.9 Å². The zero-order valence-corrected chi connectivity index (χ0v) is 13.6. The minimum absolute atomic E-state index is 0.169. The molecular formula is C16H19Cl2NO2. The molecule has 0 aliphatic heterocycles. The number of rotatable bonds is 5. The second kappa shape index (κ2) is 7.71. The van der Waals surface area contributed by atoms with Crippen molar-refractivity contribution < 1.29 is 9.53 Å². The second-order valence-corrected chi connectivity index (χ2v) is 5.90. The van der Waals surface area contributed by atoms with Crippen LogP contribution in [0, 0.1) is 0 Å². The van der Waals surface area contributed by atoms with Crippen molar-refractivity contribution >= 4 is 29.1 Å². The number of halogens is 2. The molecule has 21 heavy (non-hydrogen) atoms. The highest BCUT2D eigenvalue weighted by Gasteiger charge is 2.13. The average molecular weight is 328 g/mol. The van der Waals surface area contributed by atoms with E-state index in [2.05, 4.69) is 11.4 Å². The Balaban J connectivity index is 1.92. The zero-order chi connectivity index (χ0) is 15.2. The minimum Gasteiger partial charge on any atom is -0.494 e. The van der Waals surface area contributed by atoms with Crippen LogP contribution in [0.15, 0.2) is 23.8 Å². The molecule has 0 atom stereocenters. The van der Waals surface area contributed by atoms with E-state index < -0.39 is 0 Å². The van der Waals surface area contributed by atoms with Crippen molar-refractivity contribution in [2.24, 2.45) is 0 Å². The Labute approximate surface area is 135 Å². The topological polar surface area (TPSA) is 38.3 Å². The molecule has 0 aromatic heterocycles. The van der Waals surface area contributed by atoms with Gasteiger partial charge in [0.05, 0.1) is 17.2 Å². The van der Waals surface area contributed by atoms with Gasteiger partial charge < -0.3 is 10.1 Å². The fourth-order valence-electron chi connectivity index (χ4n) is 2.46. The quantitative estimate of drug-likeness (QED) is 0.801. The summed E-state index contributed by atoms with van der Waals surface area (Å²) >= 11 is 12.1. The van der Waals surface area contributed by atoms with Crippen molar-refractivity contribution in [1.29, 1.82) is 0 Å². The summed E-state index contributed by atoms with van der Waals surface area (Å²) in [5.41, 5.74) is 1.88. The molecule has 1 aliphatic rings. The van der Waals surface area contributed by atoms with E-state index >= 15 is 0 Å². The Morgan fingerprint density at radius 2 is 2.00 bits per heavy atom. The average Bonchev–Trinajstić information content (AvgIpc) is 2.48. The third-order valence-corrected chi connectivity index (χ3v) is 4.14. The van der Waals surface area contributed by atoms with Crippen LogP contribution in [0.4, 0.5) is 0 Å². The molecule has 0 radical (unpaired) electrons. The van der Waals surface area contributed by atoms with Crippen LogP contribution in [0.3, 0.4) is 0 Å². The van der Waals surface area contributed by atoms with E-state index in [1.807, 2.05) is 0 Å². The lowest BCUT2D eigenvalue weighted by atomic mass is 9.97. The van der Waals surface area contributed by atoms with E-state index in [-0.39, 0.29) is 5.91 Å². The van der Waals surface area contributed by atoms with Crippen LogP contribution in [-0.4, -0.2) is 19.6 Å². The van der Waals surface area contributed by atoms with Crippen molar-refractivity contribution in [3.05, 3.63) is 39.4 Å². The van der Waals surface area contributed by atoms with Gasteiger partial charge in [0.2, 0.25) is 0 Å². The van der Waals surface area contributed by atoms with E-state index in [0.29, 0.717) is 27.9 Å². The molecule has 0 spiro atoms. The maximum atomic E-state index is 12.1. The molecule has 2 rings (SSSR count). The smallest absolute Gasteiger partial charge is 0.251 e. The number of carbonyl (C=O) groups is 1. The second-order valence-electron chi connectivity index (χ2n) is 5.09. The summed E-state index contributed by atoms with van der Waals surface area (Å²) in [5, 5.41) is 3.58. The van der Waals surface area contributed by atoms with Gasteiger partial charge in [0.25, 0.3) is 5.91 Å². The van der Waals surface area contributed by atoms with Crippen molar-refractivity contribution in [3.8, 4) is 5.75 Å². The van der Waals surface area contributed by atoms with Crippen LogP contribution in [-0.2, 0) is 0 Å². The van der Waals surface area contributed by atoms with Gasteiger partial charge in [0, 0.05) is 12.1 Å². The van der Waals surface area contributed by atoms with Gasteiger partial charge in [0.1, 0.15) is 0 Å². The molecule has 0 bridgehead atoms. The maximum Gasteiger partial charge on any atom is 0.251 e. The molecular weight excluding hydrogens is 309 g/mol. The van der Waals surface area contributed by atoms with Crippen molar-refractivity contribution in [2.75, 3.05) is 13.7 Å². The molecule has 1 amide bonds. The van der Waals surface area contributed by atoms with Gasteiger partial charge in [-0.15, -0.1) is 0 Å². The lowest BCUT2D eigenvalue weighted by Gasteiger charge is -2.13. The van der Waals surface area contributed by atoms with Crippen molar-refractivity contribution in [2.45, 2.75) is 32.1 Å². The third kappa shape index (κ3) is 4.39. The van der Waals surface area contributed by atoms with E-state index in [9.17, 15) is 4.79 Å². The number of benzene rings is 1. The first-order valence-corrected chi connectivity index (χ1v) is 7.86. The number of carbonyl (C=O) groups excluding carboxylic acids is 1. The normalized spacial score (nSPS) is 14.5. The number of ether oxygens (including phenoxy) is 1. The molecule has 0 unspecified atom stereocenters. The molecule has 5 heteroatoms. The largest absolute Gasteiger partial charge is 0.494 e. The molecule has 1 aliphatic carbocycles. The molecule has 1 aromatic rings. The fourth-order valence-corrected chi connectivity index (χ4v) is 3.10. The van der Waals surface area contributed by atoms with E-state index in [0.717, 1.165) is 19.3 Å². The predicted octanol–water partition coefficient (Wildman–Crippen LogP) is 4.62. The number of allylic oxidation sites excluding steroid dienone is 1. The first kappa shape index (κ1) is 16.2. The van der Waals surface area contributed by atoms with Crippen LogP contribution in [0.25, 0.3) is 0 Å². The third-order valence-electron chi connectivity index (χ3n) is 3.58. The lowest BCUT2D eigenvalue weighted by molar-refractivity contribution is 0.0954. The molecule has 0 heterocycles. The predicted molar refractivity (Wildman–Crippen MR) is 86.5 cm³/mol. The van der Waals surface area contributed by atoms with Gasteiger partial charge in [0.15, 0.2) is 5.75 Å². The van der Waals surface area contributed by atoms with Gasteiger partial charge >= 0.3 is 0 Å². The van der Waals surface area contributed by atoms with Crippen LogP contribution < -0.4 is 10.1 Å².